The van der Waals surface area contributed by atoms with Crippen LogP contribution in [0.2, 0.25) is 5.02 Å². The molecule has 5 rings (SSSR count). The first-order valence-corrected chi connectivity index (χ1v) is 14.2. The van der Waals surface area contributed by atoms with Crippen molar-refractivity contribution in [2.45, 2.75) is 13.2 Å². The SMILES string of the molecule is [2H]C([2H])(NCc1ccc(-c2ccc3ncnc(Nc4ccc(OCc5cccc(F)c5)c(Cl)c4)c3c2)o1)C([2H])([2H])S(C)(=O)=O. The van der Waals surface area contributed by atoms with Crippen LogP contribution < -0.4 is 15.4 Å². The van der Waals surface area contributed by atoms with Gasteiger partial charge in [-0.1, -0.05) is 23.7 Å². The Balaban J connectivity index is 1.31. The number of fused-ring (bicyclic) bond motifs is 1. The number of rotatable bonds is 11. The van der Waals surface area contributed by atoms with Gasteiger partial charge in [0, 0.05) is 34.9 Å². The van der Waals surface area contributed by atoms with Crippen molar-refractivity contribution < 1.29 is 27.4 Å². The molecule has 0 saturated carbocycles. The van der Waals surface area contributed by atoms with Crippen molar-refractivity contribution in [1.29, 1.82) is 0 Å². The number of ether oxygens (including phenoxy) is 1. The Morgan fingerprint density at radius 2 is 1.95 bits per heavy atom. The molecule has 0 saturated heterocycles. The van der Waals surface area contributed by atoms with Crippen molar-refractivity contribution in [2.24, 2.45) is 0 Å². The summed E-state index contributed by atoms with van der Waals surface area (Å²) in [5.41, 5.74) is -0.542. The van der Waals surface area contributed by atoms with E-state index >= 15 is 0 Å². The van der Waals surface area contributed by atoms with E-state index in [1.807, 2.05) is 6.07 Å². The molecule has 0 radical (unpaired) electrons. The zero-order chi connectivity index (χ0) is 31.7. The standard InChI is InChI=1S/C29H26ClFN4O4S/c1-40(36,37)12-11-32-16-23-7-10-27(39-23)20-5-8-26-24(14-20)29(34-18-33-26)35-22-6-9-28(25(30)15-22)38-17-19-3-2-4-21(31)13-19/h2-10,13-15,18,32H,11-12,16-17H2,1H3,(H,33,34,35)/i11D2,12D2. The fraction of sp³-hybridized carbons (Fsp3) is 0.172. The quantitative estimate of drug-likeness (QED) is 0.191. The molecule has 0 spiro atoms. The maximum atomic E-state index is 13.5. The largest absolute Gasteiger partial charge is 0.487 e. The number of benzene rings is 3. The molecule has 206 valence electrons. The summed E-state index contributed by atoms with van der Waals surface area (Å²) in [6.45, 7) is -2.98. The molecule has 2 heterocycles. The van der Waals surface area contributed by atoms with Crippen LogP contribution in [-0.2, 0) is 23.0 Å². The van der Waals surface area contributed by atoms with Gasteiger partial charge in [-0.2, -0.15) is 0 Å². The zero-order valence-electron chi connectivity index (χ0n) is 25.1. The van der Waals surface area contributed by atoms with E-state index in [2.05, 4.69) is 20.6 Å². The smallest absolute Gasteiger partial charge is 0.148 e. The van der Waals surface area contributed by atoms with Crippen LogP contribution in [0.5, 0.6) is 5.75 Å². The van der Waals surface area contributed by atoms with Crippen LogP contribution >= 0.6 is 11.6 Å². The van der Waals surface area contributed by atoms with E-state index in [9.17, 15) is 12.8 Å². The lowest BCUT2D eigenvalue weighted by atomic mass is 10.1. The molecule has 2 N–H and O–H groups in total. The van der Waals surface area contributed by atoms with Crippen molar-refractivity contribution >= 4 is 43.8 Å². The number of hydrogen-bond acceptors (Lipinski definition) is 8. The first-order valence-electron chi connectivity index (χ1n) is 14.0. The molecule has 5 aromatic rings. The van der Waals surface area contributed by atoms with Crippen molar-refractivity contribution in [2.75, 3.05) is 23.8 Å². The molecule has 11 heteroatoms. The first-order chi connectivity index (χ1) is 20.7. The Kier molecular flexibility index (Phi) is 6.86. The van der Waals surface area contributed by atoms with Gasteiger partial charge in [-0.05, 0) is 66.2 Å². The molecule has 0 unspecified atom stereocenters. The maximum Gasteiger partial charge on any atom is 0.148 e. The highest BCUT2D eigenvalue weighted by atomic mass is 35.5. The van der Waals surface area contributed by atoms with E-state index in [1.54, 1.807) is 54.6 Å². The minimum absolute atomic E-state index is 0.150. The number of nitrogens with one attached hydrogen (secondary N) is 2. The molecule has 0 fully saturated rings. The zero-order valence-corrected chi connectivity index (χ0v) is 22.7. The Bertz CT molecular complexity index is 1940. The van der Waals surface area contributed by atoms with Crippen LogP contribution in [0, 0.1) is 5.82 Å². The van der Waals surface area contributed by atoms with Crippen molar-refractivity contribution in [3.05, 3.63) is 101 Å². The van der Waals surface area contributed by atoms with Crippen LogP contribution in [0.25, 0.3) is 22.2 Å². The second-order valence-electron chi connectivity index (χ2n) is 8.76. The van der Waals surface area contributed by atoms with E-state index < -0.39 is 22.0 Å². The molecular formula is C29H26ClFN4O4S. The summed E-state index contributed by atoms with van der Waals surface area (Å²) in [6.07, 6.45) is 2.06. The van der Waals surface area contributed by atoms with Gasteiger partial charge >= 0.3 is 0 Å². The number of nitrogens with zero attached hydrogens (tertiary/aromatic N) is 2. The monoisotopic (exact) mass is 584 g/mol. The Labute approximate surface area is 241 Å². The number of furan rings is 1. The van der Waals surface area contributed by atoms with E-state index in [4.69, 9.17) is 26.2 Å². The van der Waals surface area contributed by atoms with Crippen molar-refractivity contribution in [3.63, 3.8) is 0 Å². The number of sulfone groups is 1. The number of anilines is 2. The molecular weight excluding hydrogens is 555 g/mol. The Hall–Kier alpha value is -3.99. The maximum absolute atomic E-state index is 13.5. The van der Waals surface area contributed by atoms with E-state index in [1.165, 1.54) is 18.5 Å². The molecule has 40 heavy (non-hydrogen) atoms. The molecule has 8 nitrogen and oxygen atoms in total. The highest BCUT2D eigenvalue weighted by Gasteiger charge is 2.11. The van der Waals surface area contributed by atoms with E-state index in [0.29, 0.717) is 56.3 Å². The predicted molar refractivity (Wildman–Crippen MR) is 154 cm³/mol. The molecule has 0 amide bonds. The molecule has 0 aliphatic carbocycles. The highest BCUT2D eigenvalue weighted by Crippen LogP contribution is 2.32. The Morgan fingerprint density at radius 3 is 2.75 bits per heavy atom. The van der Waals surface area contributed by atoms with Gasteiger partial charge in [0.2, 0.25) is 0 Å². The van der Waals surface area contributed by atoms with Gasteiger partial charge in [-0.25, -0.2) is 22.8 Å². The van der Waals surface area contributed by atoms with Gasteiger partial charge in [-0.3, -0.25) is 0 Å². The summed E-state index contributed by atoms with van der Waals surface area (Å²) in [4.78, 5) is 8.70. The molecule has 0 aliphatic rings. The molecule has 0 bridgehead atoms. The third kappa shape index (κ3) is 7.15. The van der Waals surface area contributed by atoms with Gasteiger partial charge in [0.1, 0.15) is 51.7 Å². The van der Waals surface area contributed by atoms with Gasteiger partial charge in [0.05, 0.1) is 22.8 Å². The number of halogens is 2. The fourth-order valence-electron chi connectivity index (χ4n) is 3.82. The van der Waals surface area contributed by atoms with Crippen molar-refractivity contribution in [3.8, 4) is 17.1 Å². The molecule has 3 aromatic carbocycles. The van der Waals surface area contributed by atoms with Gasteiger partial charge < -0.3 is 19.8 Å². The minimum Gasteiger partial charge on any atom is -0.487 e. The minimum atomic E-state index is -4.35. The van der Waals surface area contributed by atoms with E-state index in [-0.39, 0.29) is 24.7 Å². The first kappa shape index (κ1) is 22.8. The summed E-state index contributed by atoms with van der Waals surface area (Å²) in [5.74, 6) is 1.28. The van der Waals surface area contributed by atoms with Crippen LogP contribution in [-0.4, -0.2) is 36.8 Å². The summed E-state index contributed by atoms with van der Waals surface area (Å²) in [6, 6.07) is 19.9. The highest BCUT2D eigenvalue weighted by molar-refractivity contribution is 7.90. The number of hydrogen-bond donors (Lipinski definition) is 2. The Morgan fingerprint density at radius 1 is 1.07 bits per heavy atom. The van der Waals surface area contributed by atoms with Gasteiger partial charge in [0.15, 0.2) is 0 Å². The van der Waals surface area contributed by atoms with Crippen LogP contribution in [0.4, 0.5) is 15.9 Å². The summed E-state index contributed by atoms with van der Waals surface area (Å²) in [5, 5.41) is 6.55. The topological polar surface area (TPSA) is 106 Å². The lowest BCUT2D eigenvalue weighted by Gasteiger charge is -2.12. The van der Waals surface area contributed by atoms with E-state index in [0.717, 1.165) is 0 Å². The third-order valence-corrected chi connectivity index (χ3v) is 6.42. The summed E-state index contributed by atoms with van der Waals surface area (Å²) in [7, 11) is -4.35. The van der Waals surface area contributed by atoms with Crippen LogP contribution in [0.3, 0.4) is 0 Å². The second kappa shape index (κ2) is 12.0. The van der Waals surface area contributed by atoms with Crippen LogP contribution in [0.15, 0.2) is 83.5 Å². The number of aromatic nitrogens is 2. The molecule has 0 aliphatic heterocycles. The summed E-state index contributed by atoms with van der Waals surface area (Å²) < 4.78 is 79.8. The van der Waals surface area contributed by atoms with Crippen molar-refractivity contribution in [1.82, 2.24) is 15.3 Å². The fourth-order valence-corrected chi connectivity index (χ4v) is 4.31. The third-order valence-electron chi connectivity index (χ3n) is 5.65. The van der Waals surface area contributed by atoms with Crippen LogP contribution in [0.1, 0.15) is 16.8 Å². The lowest BCUT2D eigenvalue weighted by Crippen LogP contribution is -2.21. The predicted octanol–water partition coefficient (Wildman–Crippen LogP) is 6.14. The molecule has 2 aromatic heterocycles. The van der Waals surface area contributed by atoms with Gasteiger partial charge in [0.25, 0.3) is 0 Å². The van der Waals surface area contributed by atoms with Gasteiger partial charge in [-0.15, -0.1) is 0 Å². The average molecular weight is 585 g/mol. The summed E-state index contributed by atoms with van der Waals surface area (Å²) >= 11 is 6.46. The normalized spacial score (nSPS) is 13.8. The molecule has 0 atom stereocenters. The second-order valence-corrected chi connectivity index (χ2v) is 10.9. The average Bonchev–Trinajstić information content (AvgIpc) is 3.44. The lowest BCUT2D eigenvalue weighted by molar-refractivity contribution is 0.306.